The minimum absolute atomic E-state index is 0.379. The summed E-state index contributed by atoms with van der Waals surface area (Å²) in [5.74, 6) is 0.379. The summed E-state index contributed by atoms with van der Waals surface area (Å²) in [6.45, 7) is 2.47. The lowest BCUT2D eigenvalue weighted by Gasteiger charge is -2.05. The lowest BCUT2D eigenvalue weighted by Crippen LogP contribution is -2.22. The van der Waals surface area contributed by atoms with Crippen LogP contribution in [-0.4, -0.2) is 15.3 Å². The molecule has 0 atom stereocenters. The second kappa shape index (κ2) is 6.19. The standard InChI is InChI=1S/C16H16BrN5/c1-11-3-2-4-13(7-11)21-16(18)19-8-14-10-22-9-12(17)5-6-15(22)20-14/h2-7,9-10H,8H2,1H3,(H3,18,19,21). The minimum atomic E-state index is 0.379. The van der Waals surface area contributed by atoms with Crippen molar-refractivity contribution in [3.63, 3.8) is 0 Å². The van der Waals surface area contributed by atoms with E-state index in [1.807, 2.05) is 60.1 Å². The fraction of sp³-hybridized carbons (Fsp3) is 0.125. The number of hydrogen-bond acceptors (Lipinski definition) is 2. The van der Waals surface area contributed by atoms with E-state index in [4.69, 9.17) is 5.73 Å². The molecule has 0 fully saturated rings. The zero-order chi connectivity index (χ0) is 15.5. The first-order valence-corrected chi connectivity index (χ1v) is 7.66. The Morgan fingerprint density at radius 3 is 3.00 bits per heavy atom. The average molecular weight is 358 g/mol. The Morgan fingerprint density at radius 2 is 2.18 bits per heavy atom. The molecule has 0 saturated heterocycles. The van der Waals surface area contributed by atoms with Gasteiger partial charge in [0.1, 0.15) is 5.65 Å². The molecular formula is C16H16BrN5. The van der Waals surface area contributed by atoms with Crippen LogP contribution in [0.1, 0.15) is 11.3 Å². The number of nitrogens with two attached hydrogens (primary N) is 1. The zero-order valence-corrected chi connectivity index (χ0v) is 13.7. The Bertz CT molecular complexity index is 837. The molecule has 2 aromatic heterocycles. The number of guanidine groups is 1. The molecule has 0 bridgehead atoms. The number of benzene rings is 1. The van der Waals surface area contributed by atoms with Gasteiger partial charge in [0.15, 0.2) is 5.96 Å². The van der Waals surface area contributed by atoms with Gasteiger partial charge >= 0.3 is 0 Å². The predicted molar refractivity (Wildman–Crippen MR) is 93.0 cm³/mol. The maximum atomic E-state index is 5.92. The van der Waals surface area contributed by atoms with Crippen molar-refractivity contribution in [2.45, 2.75) is 13.5 Å². The first-order valence-electron chi connectivity index (χ1n) is 6.87. The van der Waals surface area contributed by atoms with E-state index in [1.165, 1.54) is 5.56 Å². The smallest absolute Gasteiger partial charge is 0.193 e. The van der Waals surface area contributed by atoms with Crippen LogP contribution in [-0.2, 0) is 6.54 Å². The van der Waals surface area contributed by atoms with Gasteiger partial charge in [0.2, 0.25) is 0 Å². The summed E-state index contributed by atoms with van der Waals surface area (Å²) in [6.07, 6.45) is 3.91. The highest BCUT2D eigenvalue weighted by molar-refractivity contribution is 9.10. The van der Waals surface area contributed by atoms with Crippen LogP contribution < -0.4 is 11.1 Å². The van der Waals surface area contributed by atoms with Crippen molar-refractivity contribution >= 4 is 33.2 Å². The number of imidazole rings is 1. The molecule has 0 spiro atoms. The maximum Gasteiger partial charge on any atom is 0.193 e. The van der Waals surface area contributed by atoms with Crippen molar-refractivity contribution in [1.29, 1.82) is 0 Å². The second-order valence-electron chi connectivity index (χ2n) is 5.04. The van der Waals surface area contributed by atoms with Crippen molar-refractivity contribution in [2.24, 2.45) is 10.7 Å². The summed E-state index contributed by atoms with van der Waals surface area (Å²) in [5, 5.41) is 3.08. The molecule has 1 aromatic carbocycles. The van der Waals surface area contributed by atoms with Crippen LogP contribution in [0, 0.1) is 6.92 Å². The van der Waals surface area contributed by atoms with Crippen molar-refractivity contribution in [3.05, 3.63) is 64.5 Å². The van der Waals surface area contributed by atoms with E-state index in [1.54, 1.807) is 0 Å². The number of aryl methyl sites for hydroxylation is 1. The molecule has 0 aliphatic carbocycles. The molecule has 22 heavy (non-hydrogen) atoms. The number of fused-ring (bicyclic) bond motifs is 1. The molecular weight excluding hydrogens is 342 g/mol. The van der Waals surface area contributed by atoms with Gasteiger partial charge in [-0.2, -0.15) is 0 Å². The van der Waals surface area contributed by atoms with Crippen molar-refractivity contribution < 1.29 is 0 Å². The van der Waals surface area contributed by atoms with Crippen molar-refractivity contribution in [3.8, 4) is 0 Å². The van der Waals surface area contributed by atoms with E-state index in [-0.39, 0.29) is 0 Å². The normalized spacial score (nSPS) is 11.8. The van der Waals surface area contributed by atoms with Crippen LogP contribution in [0.5, 0.6) is 0 Å². The highest BCUT2D eigenvalue weighted by atomic mass is 79.9. The lowest BCUT2D eigenvalue weighted by atomic mass is 10.2. The number of anilines is 1. The van der Waals surface area contributed by atoms with E-state index in [0.717, 1.165) is 21.5 Å². The lowest BCUT2D eigenvalue weighted by molar-refractivity contribution is 1.01. The van der Waals surface area contributed by atoms with Crippen LogP contribution in [0.25, 0.3) is 5.65 Å². The average Bonchev–Trinajstić information content (AvgIpc) is 2.87. The van der Waals surface area contributed by atoms with Gasteiger partial charge in [-0.15, -0.1) is 0 Å². The summed E-state index contributed by atoms with van der Waals surface area (Å²) < 4.78 is 2.96. The summed E-state index contributed by atoms with van der Waals surface area (Å²) in [5.41, 5.74) is 9.77. The molecule has 2 heterocycles. The van der Waals surface area contributed by atoms with Gasteiger partial charge in [-0.1, -0.05) is 12.1 Å². The Labute approximate surface area is 137 Å². The fourth-order valence-electron chi connectivity index (χ4n) is 2.17. The quantitative estimate of drug-likeness (QED) is 0.558. The number of aromatic nitrogens is 2. The third-order valence-corrected chi connectivity index (χ3v) is 3.64. The molecule has 0 unspecified atom stereocenters. The molecule has 0 amide bonds. The Balaban J connectivity index is 1.71. The summed E-state index contributed by atoms with van der Waals surface area (Å²) in [6, 6.07) is 11.9. The van der Waals surface area contributed by atoms with Gasteiger partial charge in [0, 0.05) is 22.6 Å². The Morgan fingerprint density at radius 1 is 1.32 bits per heavy atom. The molecule has 0 aliphatic rings. The van der Waals surface area contributed by atoms with Gasteiger partial charge in [-0.05, 0) is 52.7 Å². The maximum absolute atomic E-state index is 5.92. The zero-order valence-electron chi connectivity index (χ0n) is 12.1. The number of halogens is 1. The van der Waals surface area contributed by atoms with E-state index in [0.29, 0.717) is 12.5 Å². The molecule has 5 nitrogen and oxygen atoms in total. The van der Waals surface area contributed by atoms with E-state index >= 15 is 0 Å². The van der Waals surface area contributed by atoms with Crippen LogP contribution in [0.4, 0.5) is 5.69 Å². The number of rotatable bonds is 3. The first kappa shape index (κ1) is 14.6. The molecule has 0 radical (unpaired) electrons. The molecule has 0 aliphatic heterocycles. The summed E-state index contributed by atoms with van der Waals surface area (Å²) >= 11 is 3.44. The topological polar surface area (TPSA) is 67.7 Å². The monoisotopic (exact) mass is 357 g/mol. The SMILES string of the molecule is Cc1cccc(NC(N)=NCc2cn3cc(Br)ccc3n2)c1. The minimum Gasteiger partial charge on any atom is -0.370 e. The predicted octanol–water partition coefficient (Wildman–Crippen LogP) is 3.33. The molecule has 6 heteroatoms. The van der Waals surface area contributed by atoms with Crippen LogP contribution in [0.3, 0.4) is 0 Å². The third-order valence-electron chi connectivity index (χ3n) is 3.17. The van der Waals surface area contributed by atoms with Crippen LogP contribution in [0.15, 0.2) is 58.3 Å². The highest BCUT2D eigenvalue weighted by Crippen LogP contribution is 2.13. The molecule has 112 valence electrons. The first-order chi connectivity index (χ1) is 10.6. The van der Waals surface area contributed by atoms with E-state index < -0.39 is 0 Å². The van der Waals surface area contributed by atoms with Gasteiger partial charge in [0.05, 0.1) is 12.2 Å². The molecule has 3 rings (SSSR count). The number of aliphatic imine (C=N–C) groups is 1. The highest BCUT2D eigenvalue weighted by Gasteiger charge is 2.02. The molecule has 3 aromatic rings. The number of hydrogen-bond donors (Lipinski definition) is 2. The van der Waals surface area contributed by atoms with E-state index in [9.17, 15) is 0 Å². The summed E-state index contributed by atoms with van der Waals surface area (Å²) in [7, 11) is 0. The number of pyridine rings is 1. The third kappa shape index (κ3) is 3.46. The Kier molecular flexibility index (Phi) is 4.11. The van der Waals surface area contributed by atoms with Gasteiger partial charge in [-0.3, -0.25) is 0 Å². The van der Waals surface area contributed by atoms with Gasteiger partial charge in [-0.25, -0.2) is 9.98 Å². The van der Waals surface area contributed by atoms with Gasteiger partial charge < -0.3 is 15.5 Å². The Hall–Kier alpha value is -2.34. The largest absolute Gasteiger partial charge is 0.370 e. The van der Waals surface area contributed by atoms with Crippen LogP contribution >= 0.6 is 15.9 Å². The van der Waals surface area contributed by atoms with Crippen molar-refractivity contribution in [1.82, 2.24) is 9.38 Å². The molecule has 0 saturated carbocycles. The summed E-state index contributed by atoms with van der Waals surface area (Å²) in [4.78, 5) is 8.83. The van der Waals surface area contributed by atoms with Crippen LogP contribution in [0.2, 0.25) is 0 Å². The fourth-order valence-corrected chi connectivity index (χ4v) is 2.52. The number of nitrogens with zero attached hydrogens (tertiary/aromatic N) is 3. The molecule has 3 N–H and O–H groups in total. The number of nitrogens with one attached hydrogen (secondary N) is 1. The van der Waals surface area contributed by atoms with Crippen molar-refractivity contribution in [2.75, 3.05) is 5.32 Å². The van der Waals surface area contributed by atoms with E-state index in [2.05, 4.69) is 31.2 Å². The second-order valence-corrected chi connectivity index (χ2v) is 5.96. The van der Waals surface area contributed by atoms with Gasteiger partial charge in [0.25, 0.3) is 0 Å².